The van der Waals surface area contributed by atoms with Crippen LogP contribution in [0.3, 0.4) is 0 Å². The number of benzene rings is 1. The minimum absolute atomic E-state index is 0.220. The molecular formula is C11H10O3S. The second kappa shape index (κ2) is 4.28. The average molecular weight is 222 g/mol. The van der Waals surface area contributed by atoms with Crippen LogP contribution in [0.5, 0.6) is 0 Å². The first kappa shape index (κ1) is 11.5. The Morgan fingerprint density at radius 1 is 1.20 bits per heavy atom. The zero-order valence-electron chi connectivity index (χ0n) is 8.44. The van der Waals surface area contributed by atoms with Crippen molar-refractivity contribution in [2.24, 2.45) is 0 Å². The zero-order valence-corrected chi connectivity index (χ0v) is 9.26. The molecule has 0 spiro atoms. The maximum atomic E-state index is 11.1. The van der Waals surface area contributed by atoms with E-state index in [9.17, 15) is 13.2 Å². The smallest absolute Gasteiger partial charge is 0.202 e. The van der Waals surface area contributed by atoms with E-state index in [1.165, 1.54) is 19.1 Å². The summed E-state index contributed by atoms with van der Waals surface area (Å²) in [4.78, 5) is 10.8. The zero-order chi connectivity index (χ0) is 11.5. The van der Waals surface area contributed by atoms with E-state index < -0.39 is 9.84 Å². The van der Waals surface area contributed by atoms with E-state index in [1.807, 2.05) is 0 Å². The average Bonchev–Trinajstić information content (AvgIpc) is 2.14. The van der Waals surface area contributed by atoms with Crippen molar-refractivity contribution >= 4 is 15.6 Å². The lowest BCUT2D eigenvalue weighted by Gasteiger charge is -1.96. The fourth-order valence-corrected chi connectivity index (χ4v) is 1.58. The third-order valence-corrected chi connectivity index (χ3v) is 2.79. The van der Waals surface area contributed by atoms with E-state index in [0.717, 1.165) is 6.26 Å². The van der Waals surface area contributed by atoms with Crippen molar-refractivity contribution in [1.29, 1.82) is 0 Å². The van der Waals surface area contributed by atoms with E-state index in [4.69, 9.17) is 0 Å². The molecule has 0 saturated heterocycles. The van der Waals surface area contributed by atoms with Crippen LogP contribution in [0.2, 0.25) is 0 Å². The Kier molecular flexibility index (Phi) is 3.28. The maximum absolute atomic E-state index is 11.1. The molecule has 0 N–H and O–H groups in total. The van der Waals surface area contributed by atoms with Crippen LogP contribution in [0.15, 0.2) is 29.2 Å². The summed E-state index contributed by atoms with van der Waals surface area (Å²) in [5, 5.41) is 0. The molecule has 1 aromatic rings. The lowest BCUT2D eigenvalue weighted by molar-refractivity contribution is -0.111. The molecule has 1 aromatic carbocycles. The van der Waals surface area contributed by atoms with Crippen LogP contribution in [0, 0.1) is 11.8 Å². The minimum Gasteiger partial charge on any atom is -0.285 e. The number of carbonyl (C=O) groups is 1. The van der Waals surface area contributed by atoms with Crippen molar-refractivity contribution in [2.45, 2.75) is 11.8 Å². The monoisotopic (exact) mass is 222 g/mol. The third kappa shape index (κ3) is 3.56. The highest BCUT2D eigenvalue weighted by molar-refractivity contribution is 7.90. The molecule has 0 saturated carbocycles. The van der Waals surface area contributed by atoms with Crippen LogP contribution in [0.25, 0.3) is 0 Å². The van der Waals surface area contributed by atoms with Gasteiger partial charge in [-0.2, -0.15) is 0 Å². The van der Waals surface area contributed by atoms with Gasteiger partial charge in [0.15, 0.2) is 9.84 Å². The summed E-state index contributed by atoms with van der Waals surface area (Å²) in [6.45, 7) is 1.37. The van der Waals surface area contributed by atoms with Gasteiger partial charge in [0.25, 0.3) is 0 Å². The molecule has 0 atom stereocenters. The van der Waals surface area contributed by atoms with E-state index in [2.05, 4.69) is 11.8 Å². The van der Waals surface area contributed by atoms with Gasteiger partial charge < -0.3 is 0 Å². The molecule has 0 bridgehead atoms. The summed E-state index contributed by atoms with van der Waals surface area (Å²) in [6.07, 6.45) is 1.14. The summed E-state index contributed by atoms with van der Waals surface area (Å²) in [5.41, 5.74) is 0.623. The Bertz CT molecular complexity index is 527. The molecule has 0 aliphatic carbocycles. The topological polar surface area (TPSA) is 51.2 Å². The van der Waals surface area contributed by atoms with Gasteiger partial charge in [0.1, 0.15) is 0 Å². The summed E-state index contributed by atoms with van der Waals surface area (Å²) in [5.74, 6) is 4.79. The van der Waals surface area contributed by atoms with Gasteiger partial charge in [0.05, 0.1) is 4.90 Å². The fourth-order valence-electron chi connectivity index (χ4n) is 0.946. The van der Waals surface area contributed by atoms with Crippen molar-refractivity contribution in [2.75, 3.05) is 6.26 Å². The Morgan fingerprint density at radius 3 is 2.13 bits per heavy atom. The Hall–Kier alpha value is -1.60. The van der Waals surface area contributed by atoms with E-state index in [1.54, 1.807) is 12.1 Å². The third-order valence-electron chi connectivity index (χ3n) is 1.67. The van der Waals surface area contributed by atoms with Crippen LogP contribution >= 0.6 is 0 Å². The van der Waals surface area contributed by atoms with Crippen molar-refractivity contribution in [3.8, 4) is 11.8 Å². The quantitative estimate of drug-likeness (QED) is 0.667. The molecule has 0 radical (unpaired) electrons. The van der Waals surface area contributed by atoms with Crippen molar-refractivity contribution in [3.05, 3.63) is 29.8 Å². The first-order valence-corrected chi connectivity index (χ1v) is 6.11. The van der Waals surface area contributed by atoms with Crippen LogP contribution in [0.1, 0.15) is 12.5 Å². The van der Waals surface area contributed by atoms with E-state index in [0.29, 0.717) is 5.56 Å². The van der Waals surface area contributed by atoms with Crippen LogP contribution in [0.4, 0.5) is 0 Å². The first-order chi connectivity index (χ1) is 6.89. The highest BCUT2D eigenvalue weighted by Crippen LogP contribution is 2.09. The van der Waals surface area contributed by atoms with Gasteiger partial charge in [-0.05, 0) is 30.2 Å². The number of ketones is 1. The second-order valence-corrected chi connectivity index (χ2v) is 5.12. The molecule has 4 heteroatoms. The molecule has 3 nitrogen and oxygen atoms in total. The highest BCUT2D eigenvalue weighted by Gasteiger charge is 2.04. The SMILES string of the molecule is CC(=O)C#Cc1ccc(S(C)(=O)=O)cc1. The summed E-state index contributed by atoms with van der Waals surface area (Å²) in [6, 6.07) is 6.09. The van der Waals surface area contributed by atoms with E-state index in [-0.39, 0.29) is 10.7 Å². The Balaban J connectivity index is 3.03. The van der Waals surface area contributed by atoms with Gasteiger partial charge in [-0.1, -0.05) is 5.92 Å². The highest BCUT2D eigenvalue weighted by atomic mass is 32.2. The molecule has 15 heavy (non-hydrogen) atoms. The molecule has 0 amide bonds. The Morgan fingerprint density at radius 2 is 1.73 bits per heavy atom. The minimum atomic E-state index is -3.17. The summed E-state index contributed by atoms with van der Waals surface area (Å²) in [7, 11) is -3.17. The summed E-state index contributed by atoms with van der Waals surface area (Å²) >= 11 is 0. The molecular weight excluding hydrogens is 212 g/mol. The van der Waals surface area contributed by atoms with Gasteiger partial charge in [-0.25, -0.2) is 8.42 Å². The molecule has 0 aliphatic heterocycles. The maximum Gasteiger partial charge on any atom is 0.202 e. The number of sulfone groups is 1. The van der Waals surface area contributed by atoms with Crippen molar-refractivity contribution < 1.29 is 13.2 Å². The molecule has 78 valence electrons. The van der Waals surface area contributed by atoms with Gasteiger partial charge in [0, 0.05) is 18.7 Å². The molecule has 0 unspecified atom stereocenters. The Labute approximate surface area is 89.0 Å². The fraction of sp³-hybridized carbons (Fsp3) is 0.182. The molecule has 0 aromatic heterocycles. The lowest BCUT2D eigenvalue weighted by Crippen LogP contribution is -1.96. The standard InChI is InChI=1S/C11H10O3S/c1-9(12)3-4-10-5-7-11(8-6-10)15(2,13)14/h5-8H,1-2H3. The normalized spacial score (nSPS) is 10.3. The van der Waals surface area contributed by atoms with Gasteiger partial charge in [0.2, 0.25) is 5.78 Å². The second-order valence-electron chi connectivity index (χ2n) is 3.10. The largest absolute Gasteiger partial charge is 0.285 e. The van der Waals surface area contributed by atoms with Gasteiger partial charge >= 0.3 is 0 Å². The molecule has 0 fully saturated rings. The van der Waals surface area contributed by atoms with Crippen LogP contribution in [-0.4, -0.2) is 20.5 Å². The van der Waals surface area contributed by atoms with Crippen LogP contribution < -0.4 is 0 Å². The molecule has 1 rings (SSSR count). The number of rotatable bonds is 1. The number of carbonyl (C=O) groups excluding carboxylic acids is 1. The van der Waals surface area contributed by atoms with Crippen LogP contribution in [-0.2, 0) is 14.6 Å². The molecule has 0 heterocycles. The summed E-state index contributed by atoms with van der Waals surface area (Å²) < 4.78 is 22.2. The lowest BCUT2D eigenvalue weighted by atomic mass is 10.2. The predicted octanol–water partition coefficient (Wildman–Crippen LogP) is 1.03. The predicted molar refractivity (Wildman–Crippen MR) is 57.1 cm³/mol. The number of hydrogen-bond donors (Lipinski definition) is 0. The molecule has 0 aliphatic rings. The van der Waals surface area contributed by atoms with Gasteiger partial charge in [-0.3, -0.25) is 4.79 Å². The van der Waals surface area contributed by atoms with Crippen molar-refractivity contribution in [3.63, 3.8) is 0 Å². The van der Waals surface area contributed by atoms with E-state index >= 15 is 0 Å². The van der Waals surface area contributed by atoms with Gasteiger partial charge in [-0.15, -0.1) is 0 Å². The number of hydrogen-bond acceptors (Lipinski definition) is 3. The number of Topliss-reactive ketones (excluding diaryl/α,β-unsaturated/α-hetero) is 1. The van der Waals surface area contributed by atoms with Crippen molar-refractivity contribution in [1.82, 2.24) is 0 Å². The first-order valence-electron chi connectivity index (χ1n) is 4.22.